The number of rotatable bonds is 3. The number of aromatic nitrogens is 4. The normalized spacial score (nSPS) is 16.9. The first-order chi connectivity index (χ1) is 14.6. The molecule has 5 rings (SSSR count). The highest BCUT2D eigenvalue weighted by atomic mass is 19.1. The molecule has 4 aromatic rings. The molecule has 1 saturated heterocycles. The number of aromatic amines is 1. The second-order valence-corrected chi connectivity index (χ2v) is 7.40. The van der Waals surface area contributed by atoms with Crippen LogP contribution >= 0.6 is 0 Å². The molecule has 3 N–H and O–H groups in total. The van der Waals surface area contributed by atoms with E-state index in [9.17, 15) is 4.39 Å². The number of pyridine rings is 2. The summed E-state index contributed by atoms with van der Waals surface area (Å²) in [6.45, 7) is 4.11. The van der Waals surface area contributed by atoms with Gasteiger partial charge in [0.25, 0.3) is 0 Å². The van der Waals surface area contributed by atoms with Crippen LogP contribution in [0, 0.1) is 5.82 Å². The molecule has 0 unspecified atom stereocenters. The summed E-state index contributed by atoms with van der Waals surface area (Å²) in [5.41, 5.74) is 10.4. The Kier molecular flexibility index (Phi) is 4.55. The molecule has 3 aromatic heterocycles. The van der Waals surface area contributed by atoms with E-state index in [1.54, 1.807) is 18.5 Å². The van der Waals surface area contributed by atoms with Crippen molar-refractivity contribution in [1.29, 1.82) is 0 Å². The van der Waals surface area contributed by atoms with Crippen molar-refractivity contribution in [1.82, 2.24) is 20.2 Å². The summed E-state index contributed by atoms with van der Waals surface area (Å²) in [6.07, 6.45) is 3.42. The van der Waals surface area contributed by atoms with Crippen LogP contribution in [-0.2, 0) is 4.74 Å². The second-order valence-electron chi connectivity index (χ2n) is 7.40. The smallest absolute Gasteiger partial charge is 0.130 e. The molecule has 30 heavy (non-hydrogen) atoms. The number of ether oxygens (including phenoxy) is 1. The Morgan fingerprint density at radius 3 is 2.83 bits per heavy atom. The molecule has 7 nitrogen and oxygen atoms in total. The number of hydrogen-bond acceptors (Lipinski definition) is 6. The van der Waals surface area contributed by atoms with E-state index in [4.69, 9.17) is 15.5 Å². The highest BCUT2D eigenvalue weighted by Gasteiger charge is 2.23. The van der Waals surface area contributed by atoms with Gasteiger partial charge in [-0.1, -0.05) is 0 Å². The van der Waals surface area contributed by atoms with E-state index in [2.05, 4.69) is 27.0 Å². The maximum atomic E-state index is 13.7. The largest absolute Gasteiger partial charge is 0.398 e. The van der Waals surface area contributed by atoms with Crippen LogP contribution < -0.4 is 10.6 Å². The number of fused-ring (bicyclic) bond motifs is 1. The highest BCUT2D eigenvalue weighted by Crippen LogP contribution is 2.37. The highest BCUT2D eigenvalue weighted by molar-refractivity contribution is 6.03. The van der Waals surface area contributed by atoms with Gasteiger partial charge >= 0.3 is 0 Å². The van der Waals surface area contributed by atoms with Crippen LogP contribution in [0.5, 0.6) is 0 Å². The molecule has 1 aliphatic rings. The number of nitrogens with zero attached hydrogens (tertiary/aromatic N) is 4. The van der Waals surface area contributed by atoms with E-state index < -0.39 is 0 Å². The number of anilines is 2. The van der Waals surface area contributed by atoms with E-state index in [-0.39, 0.29) is 11.9 Å². The number of benzene rings is 1. The number of halogens is 1. The summed E-state index contributed by atoms with van der Waals surface area (Å²) in [4.78, 5) is 11.8. The number of nitrogens with two attached hydrogens (primary N) is 1. The number of nitrogen functional groups attached to an aromatic ring is 1. The van der Waals surface area contributed by atoms with Crippen LogP contribution in [0.25, 0.3) is 33.4 Å². The summed E-state index contributed by atoms with van der Waals surface area (Å²) < 4.78 is 19.3. The molecular formula is C22H21FN6O. The van der Waals surface area contributed by atoms with Gasteiger partial charge in [-0.3, -0.25) is 10.1 Å². The van der Waals surface area contributed by atoms with E-state index >= 15 is 0 Å². The lowest BCUT2D eigenvalue weighted by Crippen LogP contribution is -2.44. The number of morpholine rings is 1. The van der Waals surface area contributed by atoms with Crippen molar-refractivity contribution < 1.29 is 9.13 Å². The van der Waals surface area contributed by atoms with Crippen molar-refractivity contribution >= 4 is 22.4 Å². The Morgan fingerprint density at radius 1 is 1.17 bits per heavy atom. The predicted octanol–water partition coefficient (Wildman–Crippen LogP) is 3.63. The molecule has 1 fully saturated rings. The molecule has 1 aliphatic heterocycles. The monoisotopic (exact) mass is 404 g/mol. The Hall–Kier alpha value is -3.52. The third kappa shape index (κ3) is 3.15. The third-order valence-corrected chi connectivity index (χ3v) is 5.44. The van der Waals surface area contributed by atoms with Gasteiger partial charge in [-0.25, -0.2) is 9.37 Å². The minimum Gasteiger partial charge on any atom is -0.398 e. The van der Waals surface area contributed by atoms with Crippen molar-refractivity contribution in [3.05, 3.63) is 54.6 Å². The summed E-state index contributed by atoms with van der Waals surface area (Å²) in [6, 6.07) is 10.4. The number of H-pyrrole nitrogens is 1. The van der Waals surface area contributed by atoms with E-state index in [0.717, 1.165) is 40.1 Å². The van der Waals surface area contributed by atoms with Crippen LogP contribution in [-0.4, -0.2) is 46.0 Å². The molecule has 0 aliphatic carbocycles. The van der Waals surface area contributed by atoms with Crippen LogP contribution in [0.2, 0.25) is 0 Å². The van der Waals surface area contributed by atoms with Gasteiger partial charge in [0, 0.05) is 35.6 Å². The summed E-state index contributed by atoms with van der Waals surface area (Å²) in [5.74, 6) is 0.447. The molecule has 152 valence electrons. The van der Waals surface area contributed by atoms with Crippen LogP contribution in [0.4, 0.5) is 15.9 Å². The molecule has 0 spiro atoms. The van der Waals surface area contributed by atoms with E-state index in [1.807, 2.05) is 18.2 Å². The lowest BCUT2D eigenvalue weighted by Gasteiger charge is -2.34. The van der Waals surface area contributed by atoms with E-state index in [0.29, 0.717) is 24.6 Å². The standard InChI is InChI=1S/C22H21FN6O/c1-13-12-30-9-8-29(13)20-11-17(15-3-2-14(23)10-18(15)24)16-4-6-25-22(21(16)27-20)19-5-7-26-28-19/h2-7,10-11,13H,8-9,12,24H2,1H3,(H,26,28)/t13-/m1/s1. The average Bonchev–Trinajstić information content (AvgIpc) is 3.28. The van der Waals surface area contributed by atoms with Gasteiger partial charge in [0.2, 0.25) is 0 Å². The first-order valence-corrected chi connectivity index (χ1v) is 9.81. The van der Waals surface area contributed by atoms with Gasteiger partial charge in [-0.05, 0) is 48.9 Å². The van der Waals surface area contributed by atoms with Gasteiger partial charge in [-0.2, -0.15) is 5.10 Å². The van der Waals surface area contributed by atoms with E-state index in [1.165, 1.54) is 12.1 Å². The van der Waals surface area contributed by atoms with Crippen molar-refractivity contribution in [2.24, 2.45) is 0 Å². The van der Waals surface area contributed by atoms with Crippen molar-refractivity contribution in [3.63, 3.8) is 0 Å². The molecule has 0 saturated carbocycles. The van der Waals surface area contributed by atoms with Crippen LogP contribution in [0.3, 0.4) is 0 Å². The molecule has 0 amide bonds. The van der Waals surface area contributed by atoms with Gasteiger partial charge in [-0.15, -0.1) is 0 Å². The fourth-order valence-electron chi connectivity index (χ4n) is 3.94. The minimum atomic E-state index is -0.364. The molecule has 4 heterocycles. The summed E-state index contributed by atoms with van der Waals surface area (Å²) in [7, 11) is 0. The molecular weight excluding hydrogens is 383 g/mol. The minimum absolute atomic E-state index is 0.175. The number of hydrogen-bond donors (Lipinski definition) is 2. The first-order valence-electron chi connectivity index (χ1n) is 9.81. The molecule has 0 bridgehead atoms. The van der Waals surface area contributed by atoms with Gasteiger partial charge in [0.05, 0.1) is 24.9 Å². The molecule has 1 atom stereocenters. The Labute approximate surface area is 172 Å². The molecule has 0 radical (unpaired) electrons. The fourth-order valence-corrected chi connectivity index (χ4v) is 3.94. The van der Waals surface area contributed by atoms with Gasteiger partial charge in [0.15, 0.2) is 0 Å². The summed E-state index contributed by atoms with van der Waals surface area (Å²) >= 11 is 0. The number of nitrogens with one attached hydrogen (secondary N) is 1. The zero-order valence-corrected chi connectivity index (χ0v) is 16.5. The average molecular weight is 404 g/mol. The van der Waals surface area contributed by atoms with Gasteiger partial charge in [0.1, 0.15) is 22.8 Å². The second kappa shape index (κ2) is 7.38. The Balaban J connectivity index is 1.80. The summed E-state index contributed by atoms with van der Waals surface area (Å²) in [5, 5.41) is 7.91. The van der Waals surface area contributed by atoms with Crippen molar-refractivity contribution in [2.75, 3.05) is 30.4 Å². The lowest BCUT2D eigenvalue weighted by atomic mass is 9.98. The fraction of sp³-hybridized carbons (Fsp3) is 0.227. The molecule has 1 aromatic carbocycles. The topological polar surface area (TPSA) is 93.0 Å². The Morgan fingerprint density at radius 2 is 2.07 bits per heavy atom. The lowest BCUT2D eigenvalue weighted by molar-refractivity contribution is 0.0986. The zero-order chi connectivity index (χ0) is 20.7. The maximum Gasteiger partial charge on any atom is 0.130 e. The molecule has 8 heteroatoms. The third-order valence-electron chi connectivity index (χ3n) is 5.44. The van der Waals surface area contributed by atoms with Crippen LogP contribution in [0.1, 0.15) is 6.92 Å². The maximum absolute atomic E-state index is 13.7. The van der Waals surface area contributed by atoms with Crippen molar-refractivity contribution in [3.8, 4) is 22.5 Å². The van der Waals surface area contributed by atoms with Crippen molar-refractivity contribution in [2.45, 2.75) is 13.0 Å². The first kappa shape index (κ1) is 18.5. The van der Waals surface area contributed by atoms with Gasteiger partial charge < -0.3 is 15.4 Å². The SMILES string of the molecule is C[C@@H]1COCCN1c1cc(-c2ccc(F)cc2N)c2ccnc(-c3ccn[nH]3)c2n1. The zero-order valence-electron chi connectivity index (χ0n) is 16.5. The predicted molar refractivity (Wildman–Crippen MR) is 115 cm³/mol. The Bertz CT molecular complexity index is 1210. The van der Waals surface area contributed by atoms with Crippen LogP contribution in [0.15, 0.2) is 48.8 Å². The quantitative estimate of drug-likeness (QED) is 0.507.